The number of anilines is 1. The molecule has 1 fully saturated rings. The molecule has 0 spiro atoms. The summed E-state index contributed by atoms with van der Waals surface area (Å²) in [6, 6.07) is 7.59. The second-order valence-electron chi connectivity index (χ2n) is 6.63. The smallest absolute Gasteiger partial charge is 0.243 e. The Bertz CT molecular complexity index is 871. The molecule has 0 atom stereocenters. The third-order valence-electron chi connectivity index (χ3n) is 4.76. The molecule has 2 aromatic rings. The highest BCUT2D eigenvalue weighted by atomic mass is 32.2. The molecule has 134 valence electrons. The van der Waals surface area contributed by atoms with Gasteiger partial charge in [-0.25, -0.2) is 8.42 Å². The summed E-state index contributed by atoms with van der Waals surface area (Å²) in [5.41, 5.74) is 3.78. The van der Waals surface area contributed by atoms with Crippen LogP contribution in [0, 0.1) is 27.7 Å². The number of sulfonamides is 1. The number of aryl methyl sites for hydroxylation is 4. The minimum Gasteiger partial charge on any atom is -0.352 e. The maximum Gasteiger partial charge on any atom is 0.243 e. The molecule has 1 aliphatic rings. The second kappa shape index (κ2) is 6.72. The maximum atomic E-state index is 13.0. The van der Waals surface area contributed by atoms with Crippen LogP contribution in [0.5, 0.6) is 0 Å². The Labute approximate surface area is 149 Å². The molecular weight excluding hydrogens is 336 g/mol. The molecule has 2 heterocycles. The van der Waals surface area contributed by atoms with Crippen LogP contribution in [0.3, 0.4) is 0 Å². The van der Waals surface area contributed by atoms with Crippen molar-refractivity contribution >= 4 is 15.8 Å². The summed E-state index contributed by atoms with van der Waals surface area (Å²) in [5, 5.41) is 8.27. The van der Waals surface area contributed by atoms with E-state index in [1.54, 1.807) is 10.4 Å². The van der Waals surface area contributed by atoms with E-state index in [0.29, 0.717) is 31.1 Å². The molecule has 1 aromatic heterocycles. The summed E-state index contributed by atoms with van der Waals surface area (Å²) in [7, 11) is -3.47. The van der Waals surface area contributed by atoms with E-state index in [9.17, 15) is 8.42 Å². The van der Waals surface area contributed by atoms with Gasteiger partial charge in [-0.1, -0.05) is 6.07 Å². The lowest BCUT2D eigenvalue weighted by Crippen LogP contribution is -2.49. The number of nitrogens with zero attached hydrogens (tertiary/aromatic N) is 4. The van der Waals surface area contributed by atoms with Crippen molar-refractivity contribution in [2.75, 3.05) is 31.1 Å². The number of hydrogen-bond acceptors (Lipinski definition) is 5. The minimum atomic E-state index is -3.47. The number of piperazine rings is 1. The van der Waals surface area contributed by atoms with Crippen LogP contribution in [0.25, 0.3) is 0 Å². The molecule has 6 nitrogen and oxygen atoms in total. The van der Waals surface area contributed by atoms with Gasteiger partial charge in [-0.15, -0.1) is 5.10 Å². The molecular formula is C18H24N4O2S. The van der Waals surface area contributed by atoms with E-state index >= 15 is 0 Å². The first kappa shape index (κ1) is 17.8. The number of benzene rings is 1. The van der Waals surface area contributed by atoms with E-state index in [4.69, 9.17) is 0 Å². The zero-order chi connectivity index (χ0) is 18.2. The lowest BCUT2D eigenvalue weighted by atomic mass is 10.1. The fourth-order valence-corrected chi connectivity index (χ4v) is 4.78. The predicted octanol–water partition coefficient (Wildman–Crippen LogP) is 2.22. The van der Waals surface area contributed by atoms with E-state index in [0.717, 1.165) is 28.2 Å². The molecule has 25 heavy (non-hydrogen) atoms. The SMILES string of the molecule is Cc1ccc(N2CCN(S(=O)(=O)c3cc(C)c(C)cc3C)CC2)nn1. The van der Waals surface area contributed by atoms with Crippen LogP contribution in [0.4, 0.5) is 5.82 Å². The zero-order valence-electron chi connectivity index (χ0n) is 15.2. The topological polar surface area (TPSA) is 66.4 Å². The van der Waals surface area contributed by atoms with E-state index in [1.165, 1.54) is 0 Å². The molecule has 0 radical (unpaired) electrons. The van der Waals surface area contributed by atoms with E-state index in [-0.39, 0.29) is 0 Å². The Morgan fingerprint density at radius 2 is 1.48 bits per heavy atom. The lowest BCUT2D eigenvalue weighted by molar-refractivity contribution is 0.383. The Morgan fingerprint density at radius 1 is 0.840 bits per heavy atom. The van der Waals surface area contributed by atoms with Crippen molar-refractivity contribution in [2.45, 2.75) is 32.6 Å². The number of rotatable bonds is 3. The summed E-state index contributed by atoms with van der Waals surface area (Å²) < 4.78 is 27.6. The highest BCUT2D eigenvalue weighted by molar-refractivity contribution is 7.89. The molecule has 1 saturated heterocycles. The summed E-state index contributed by atoms with van der Waals surface area (Å²) in [4.78, 5) is 2.49. The van der Waals surface area contributed by atoms with Gasteiger partial charge in [0.25, 0.3) is 0 Å². The molecule has 1 aliphatic heterocycles. The van der Waals surface area contributed by atoms with Gasteiger partial charge in [0.1, 0.15) is 0 Å². The Hall–Kier alpha value is -1.99. The van der Waals surface area contributed by atoms with Crippen molar-refractivity contribution in [2.24, 2.45) is 0 Å². The average Bonchev–Trinajstić information content (AvgIpc) is 2.59. The predicted molar refractivity (Wildman–Crippen MR) is 98.4 cm³/mol. The quantitative estimate of drug-likeness (QED) is 0.840. The van der Waals surface area contributed by atoms with Crippen molar-refractivity contribution in [3.05, 3.63) is 46.6 Å². The normalized spacial score (nSPS) is 16.2. The first-order chi connectivity index (χ1) is 11.8. The van der Waals surface area contributed by atoms with Gasteiger partial charge >= 0.3 is 0 Å². The van der Waals surface area contributed by atoms with E-state index in [1.807, 2.05) is 45.9 Å². The van der Waals surface area contributed by atoms with Crippen molar-refractivity contribution in [3.63, 3.8) is 0 Å². The van der Waals surface area contributed by atoms with Gasteiger partial charge in [0, 0.05) is 26.2 Å². The van der Waals surface area contributed by atoms with Gasteiger partial charge in [0.05, 0.1) is 10.6 Å². The van der Waals surface area contributed by atoms with Gasteiger partial charge in [-0.2, -0.15) is 9.40 Å². The average molecular weight is 360 g/mol. The molecule has 1 aromatic carbocycles. The highest BCUT2D eigenvalue weighted by Crippen LogP contribution is 2.25. The first-order valence-electron chi connectivity index (χ1n) is 8.42. The number of hydrogen-bond donors (Lipinski definition) is 0. The fourth-order valence-electron chi connectivity index (χ4n) is 3.07. The van der Waals surface area contributed by atoms with E-state index in [2.05, 4.69) is 15.1 Å². The molecule has 3 rings (SSSR count). The van der Waals surface area contributed by atoms with E-state index < -0.39 is 10.0 Å². The van der Waals surface area contributed by atoms with Crippen molar-refractivity contribution in [3.8, 4) is 0 Å². The third kappa shape index (κ3) is 3.52. The maximum absolute atomic E-state index is 13.0. The van der Waals surface area contributed by atoms with Crippen LogP contribution < -0.4 is 4.90 Å². The molecule has 0 aliphatic carbocycles. The molecule has 0 N–H and O–H groups in total. The van der Waals surface area contributed by atoms with Crippen LogP contribution >= 0.6 is 0 Å². The van der Waals surface area contributed by atoms with Crippen LogP contribution in [0.15, 0.2) is 29.2 Å². The Balaban J connectivity index is 1.78. The largest absolute Gasteiger partial charge is 0.352 e. The van der Waals surface area contributed by atoms with Crippen LogP contribution in [0.2, 0.25) is 0 Å². The fraction of sp³-hybridized carbons (Fsp3) is 0.444. The monoisotopic (exact) mass is 360 g/mol. The van der Waals surface area contributed by atoms with Gasteiger partial charge in [-0.05, 0) is 62.6 Å². The lowest BCUT2D eigenvalue weighted by Gasteiger charge is -2.34. The van der Waals surface area contributed by atoms with Crippen LogP contribution in [0.1, 0.15) is 22.4 Å². The van der Waals surface area contributed by atoms with Gasteiger partial charge < -0.3 is 4.90 Å². The third-order valence-corrected chi connectivity index (χ3v) is 6.80. The first-order valence-corrected chi connectivity index (χ1v) is 9.86. The molecule has 0 bridgehead atoms. The zero-order valence-corrected chi connectivity index (χ0v) is 16.0. The molecule has 0 unspecified atom stereocenters. The van der Waals surface area contributed by atoms with Gasteiger partial charge in [0.15, 0.2) is 5.82 Å². The van der Waals surface area contributed by atoms with Crippen molar-refractivity contribution in [1.29, 1.82) is 0 Å². The van der Waals surface area contributed by atoms with Crippen LogP contribution in [-0.4, -0.2) is 49.1 Å². The summed E-state index contributed by atoms with van der Waals surface area (Å²) in [5.74, 6) is 0.796. The molecule has 0 saturated carbocycles. The standard InChI is InChI=1S/C18H24N4O2S/c1-13-11-15(3)17(12-14(13)2)25(23,24)22-9-7-21(8-10-22)18-6-5-16(4)19-20-18/h5-6,11-12H,7-10H2,1-4H3. The minimum absolute atomic E-state index is 0.416. The molecule has 7 heteroatoms. The second-order valence-corrected chi connectivity index (χ2v) is 8.53. The molecule has 0 amide bonds. The van der Waals surface area contributed by atoms with Crippen molar-refractivity contribution < 1.29 is 8.42 Å². The Morgan fingerprint density at radius 3 is 2.08 bits per heavy atom. The summed E-state index contributed by atoms with van der Waals surface area (Å²) in [6.45, 7) is 9.82. The van der Waals surface area contributed by atoms with Gasteiger partial charge in [0.2, 0.25) is 10.0 Å². The van der Waals surface area contributed by atoms with Gasteiger partial charge in [-0.3, -0.25) is 0 Å². The summed E-state index contributed by atoms with van der Waals surface area (Å²) >= 11 is 0. The van der Waals surface area contributed by atoms with Crippen molar-refractivity contribution in [1.82, 2.24) is 14.5 Å². The summed E-state index contributed by atoms with van der Waals surface area (Å²) in [6.07, 6.45) is 0. The Kier molecular flexibility index (Phi) is 4.79. The number of aromatic nitrogens is 2. The van der Waals surface area contributed by atoms with Crippen LogP contribution in [-0.2, 0) is 10.0 Å². The highest BCUT2D eigenvalue weighted by Gasteiger charge is 2.30.